The molecule has 2 aromatic carbocycles. The second-order valence-corrected chi connectivity index (χ2v) is 7.92. The number of carbonyl (C=O) groups is 1. The molecule has 0 aliphatic heterocycles. The number of nitrogens with zero attached hydrogens (tertiary/aromatic N) is 5. The molecule has 2 aromatic heterocycles. The van der Waals surface area contributed by atoms with Crippen LogP contribution in [0.15, 0.2) is 54.7 Å². The predicted molar refractivity (Wildman–Crippen MR) is 128 cm³/mol. The Balaban J connectivity index is 1.54. The first-order valence-corrected chi connectivity index (χ1v) is 10.8. The number of aryl methyl sites for hydroxylation is 1. The van der Waals surface area contributed by atoms with Crippen molar-refractivity contribution in [3.63, 3.8) is 0 Å². The highest BCUT2D eigenvalue weighted by Crippen LogP contribution is 2.34. The summed E-state index contributed by atoms with van der Waals surface area (Å²) in [7, 11) is 1.49. The highest BCUT2D eigenvalue weighted by Gasteiger charge is 2.17. The lowest BCUT2D eigenvalue weighted by molar-refractivity contribution is -0.384. The second kappa shape index (κ2) is 9.85. The van der Waals surface area contributed by atoms with Crippen molar-refractivity contribution in [1.29, 1.82) is 0 Å². The number of amides is 1. The van der Waals surface area contributed by atoms with Crippen LogP contribution in [0, 0.1) is 24.0 Å². The molecule has 180 valence electrons. The van der Waals surface area contributed by atoms with Crippen molar-refractivity contribution in [1.82, 2.24) is 19.6 Å². The van der Waals surface area contributed by atoms with E-state index in [1.807, 2.05) is 6.92 Å². The Morgan fingerprint density at radius 2 is 1.89 bits per heavy atom. The Morgan fingerprint density at radius 1 is 1.14 bits per heavy atom. The van der Waals surface area contributed by atoms with Crippen molar-refractivity contribution in [3.05, 3.63) is 86.9 Å². The zero-order chi connectivity index (χ0) is 25.1. The third-order valence-electron chi connectivity index (χ3n) is 5.10. The van der Waals surface area contributed by atoms with E-state index in [4.69, 9.17) is 21.1 Å². The van der Waals surface area contributed by atoms with E-state index in [9.17, 15) is 14.9 Å². The molecule has 12 heteroatoms. The summed E-state index contributed by atoms with van der Waals surface area (Å²) in [6.07, 6.45) is 1.63. The molecule has 2 heterocycles. The molecule has 4 aromatic rings. The number of hydrogen-bond acceptors (Lipinski definition) is 7. The molecule has 0 atom stereocenters. The van der Waals surface area contributed by atoms with Gasteiger partial charge in [0.1, 0.15) is 12.4 Å². The summed E-state index contributed by atoms with van der Waals surface area (Å²) in [6, 6.07) is 12.4. The molecule has 0 aliphatic carbocycles. The van der Waals surface area contributed by atoms with Crippen LogP contribution in [0.1, 0.15) is 21.9 Å². The number of anilines is 1. The SMILES string of the molecule is COc1ccccc1Oc1cc(NC(=O)c2ccn(Cn3nc(C)c(Cl)c3C)n2)cc([N+](=O)[O-])c1. The molecule has 35 heavy (non-hydrogen) atoms. The summed E-state index contributed by atoms with van der Waals surface area (Å²) < 4.78 is 14.3. The van der Waals surface area contributed by atoms with Crippen LogP contribution in [0.5, 0.6) is 17.2 Å². The molecule has 0 fully saturated rings. The number of benzene rings is 2. The van der Waals surface area contributed by atoms with E-state index in [2.05, 4.69) is 15.5 Å². The van der Waals surface area contributed by atoms with Crippen molar-refractivity contribution in [3.8, 4) is 17.2 Å². The van der Waals surface area contributed by atoms with E-state index >= 15 is 0 Å². The van der Waals surface area contributed by atoms with Crippen molar-refractivity contribution >= 4 is 28.9 Å². The monoisotopic (exact) mass is 496 g/mol. The molecule has 11 nitrogen and oxygen atoms in total. The second-order valence-electron chi connectivity index (χ2n) is 7.55. The fourth-order valence-electron chi connectivity index (χ4n) is 3.36. The minimum absolute atomic E-state index is 0.122. The number of non-ortho nitro benzene ring substituents is 1. The summed E-state index contributed by atoms with van der Waals surface area (Å²) in [4.78, 5) is 23.7. The minimum Gasteiger partial charge on any atom is -0.493 e. The lowest BCUT2D eigenvalue weighted by Crippen LogP contribution is -2.16. The number of methoxy groups -OCH3 is 1. The number of nitro groups is 1. The van der Waals surface area contributed by atoms with Crippen molar-refractivity contribution in [2.45, 2.75) is 20.5 Å². The highest BCUT2D eigenvalue weighted by atomic mass is 35.5. The third kappa shape index (κ3) is 5.25. The van der Waals surface area contributed by atoms with Crippen molar-refractivity contribution in [2.75, 3.05) is 12.4 Å². The summed E-state index contributed by atoms with van der Waals surface area (Å²) >= 11 is 6.18. The highest BCUT2D eigenvalue weighted by molar-refractivity contribution is 6.31. The number of rotatable bonds is 8. The number of carbonyl (C=O) groups excluding carboxylic acids is 1. The van der Waals surface area contributed by atoms with E-state index in [1.165, 1.54) is 36.1 Å². The van der Waals surface area contributed by atoms with Gasteiger partial charge in [-0.1, -0.05) is 23.7 Å². The molecule has 0 bridgehead atoms. The van der Waals surface area contributed by atoms with Crippen LogP contribution < -0.4 is 14.8 Å². The van der Waals surface area contributed by atoms with Crippen molar-refractivity contribution in [2.24, 2.45) is 0 Å². The Hall–Kier alpha value is -4.38. The molecule has 0 saturated heterocycles. The lowest BCUT2D eigenvalue weighted by atomic mass is 10.2. The fourth-order valence-corrected chi connectivity index (χ4v) is 3.49. The van der Waals surface area contributed by atoms with Crippen LogP contribution >= 0.6 is 11.6 Å². The first-order valence-electron chi connectivity index (χ1n) is 10.4. The number of nitrogens with one attached hydrogen (secondary N) is 1. The van der Waals surface area contributed by atoms with E-state index in [0.717, 1.165) is 5.69 Å². The quantitative estimate of drug-likeness (QED) is 0.274. The first kappa shape index (κ1) is 23.8. The maximum absolute atomic E-state index is 12.8. The van der Waals surface area contributed by atoms with E-state index in [0.29, 0.717) is 22.2 Å². The molecule has 0 unspecified atom stereocenters. The van der Waals surface area contributed by atoms with E-state index in [-0.39, 0.29) is 29.5 Å². The van der Waals surface area contributed by atoms with E-state index < -0.39 is 10.8 Å². The van der Waals surface area contributed by atoms with Crippen LogP contribution in [0.2, 0.25) is 5.02 Å². The average molecular weight is 497 g/mol. The Kier molecular flexibility index (Phi) is 6.69. The fraction of sp³-hybridized carbons (Fsp3) is 0.174. The lowest BCUT2D eigenvalue weighted by Gasteiger charge is -2.11. The molecule has 0 spiro atoms. The molecular formula is C23H21ClN6O5. The van der Waals surface area contributed by atoms with Gasteiger partial charge >= 0.3 is 0 Å². The topological polar surface area (TPSA) is 126 Å². The van der Waals surface area contributed by atoms with Crippen LogP contribution in [0.25, 0.3) is 0 Å². The number of halogens is 1. The summed E-state index contributed by atoms with van der Waals surface area (Å²) in [5.41, 5.74) is 1.53. The zero-order valence-corrected chi connectivity index (χ0v) is 19.8. The van der Waals surface area contributed by atoms with Gasteiger partial charge in [-0.3, -0.25) is 19.6 Å². The minimum atomic E-state index is -0.570. The van der Waals surface area contributed by atoms with Crippen molar-refractivity contribution < 1.29 is 19.2 Å². The number of hydrogen-bond donors (Lipinski definition) is 1. The van der Waals surface area contributed by atoms with Crippen LogP contribution in [0.4, 0.5) is 11.4 Å². The number of para-hydroxylation sites is 2. The van der Waals surface area contributed by atoms with Gasteiger partial charge in [0.05, 0.1) is 40.2 Å². The summed E-state index contributed by atoms with van der Waals surface area (Å²) in [5, 5.41) is 23.3. The third-order valence-corrected chi connectivity index (χ3v) is 5.65. The van der Waals surface area contributed by atoms with Gasteiger partial charge in [0, 0.05) is 18.3 Å². The standard InChI is InChI=1S/C23H21ClN6O5/c1-14-22(24)15(2)29(26-14)13-28-9-8-19(27-28)23(31)25-16-10-17(30(32)33)12-18(11-16)35-21-7-5-4-6-20(21)34-3/h4-12H,13H2,1-3H3,(H,25,31). The van der Waals surface area contributed by atoms with Gasteiger partial charge in [-0.05, 0) is 32.0 Å². The predicted octanol–water partition coefficient (Wildman–Crippen LogP) is 4.82. The van der Waals surface area contributed by atoms with Gasteiger partial charge in [0.2, 0.25) is 0 Å². The molecule has 0 aliphatic rings. The zero-order valence-electron chi connectivity index (χ0n) is 19.1. The molecule has 4 rings (SSSR count). The number of ether oxygens (including phenoxy) is 2. The maximum Gasteiger partial charge on any atom is 0.276 e. The number of aromatic nitrogens is 4. The van der Waals surface area contributed by atoms with E-state index in [1.54, 1.807) is 42.1 Å². The normalized spacial score (nSPS) is 10.7. The van der Waals surface area contributed by atoms with Gasteiger partial charge in [-0.25, -0.2) is 4.68 Å². The van der Waals surface area contributed by atoms with Crippen LogP contribution in [-0.2, 0) is 6.67 Å². The molecular weight excluding hydrogens is 476 g/mol. The molecule has 1 N–H and O–H groups in total. The van der Waals surface area contributed by atoms with Gasteiger partial charge in [0.25, 0.3) is 11.6 Å². The largest absolute Gasteiger partial charge is 0.493 e. The Labute approximate surface area is 205 Å². The molecule has 0 saturated carbocycles. The average Bonchev–Trinajstić information content (AvgIpc) is 3.40. The van der Waals surface area contributed by atoms with Gasteiger partial charge in [-0.2, -0.15) is 10.2 Å². The summed E-state index contributed by atoms with van der Waals surface area (Å²) in [5.74, 6) is 0.444. The van der Waals surface area contributed by atoms with Crippen LogP contribution in [-0.4, -0.2) is 37.5 Å². The molecule has 0 radical (unpaired) electrons. The van der Waals surface area contributed by atoms with Crippen LogP contribution in [0.3, 0.4) is 0 Å². The van der Waals surface area contributed by atoms with Gasteiger partial charge < -0.3 is 14.8 Å². The Bertz CT molecular complexity index is 1410. The van der Waals surface area contributed by atoms with Gasteiger partial charge in [-0.15, -0.1) is 0 Å². The number of nitro benzene ring substituents is 1. The molecule has 1 amide bonds. The first-order chi connectivity index (χ1) is 16.7. The summed E-state index contributed by atoms with van der Waals surface area (Å²) in [6.45, 7) is 3.91. The Morgan fingerprint density at radius 3 is 2.54 bits per heavy atom. The van der Waals surface area contributed by atoms with Gasteiger partial charge in [0.15, 0.2) is 17.2 Å². The smallest absolute Gasteiger partial charge is 0.276 e. The maximum atomic E-state index is 12.8.